The Morgan fingerprint density at radius 2 is 1.67 bits per heavy atom. The summed E-state index contributed by atoms with van der Waals surface area (Å²) in [7, 11) is 0. The van der Waals surface area contributed by atoms with Crippen LogP contribution in [-0.4, -0.2) is 59.0 Å². The summed E-state index contributed by atoms with van der Waals surface area (Å²) in [6, 6.07) is 2.48. The van der Waals surface area contributed by atoms with Crippen molar-refractivity contribution in [2.75, 3.05) is 31.1 Å². The molecule has 0 atom stereocenters. The zero-order valence-corrected chi connectivity index (χ0v) is 22.2. The second-order valence-corrected chi connectivity index (χ2v) is 10.0. The van der Waals surface area contributed by atoms with Crippen molar-refractivity contribution in [1.82, 2.24) is 15.0 Å². The van der Waals surface area contributed by atoms with E-state index in [2.05, 4.69) is 23.9 Å². The van der Waals surface area contributed by atoms with Gasteiger partial charge < -0.3 is 19.2 Å². The molecule has 0 aliphatic carbocycles. The Morgan fingerprint density at radius 3 is 2.28 bits per heavy atom. The van der Waals surface area contributed by atoms with Crippen LogP contribution in [0.2, 0.25) is 0 Å². The highest BCUT2D eigenvalue weighted by Gasteiger charge is 2.29. The maximum atomic E-state index is 14.4. The molecule has 0 saturated heterocycles. The van der Waals surface area contributed by atoms with E-state index >= 15 is 0 Å². The first-order chi connectivity index (χ1) is 17.0. The summed E-state index contributed by atoms with van der Waals surface area (Å²) in [5, 5.41) is 4.09. The maximum Gasteiger partial charge on any atom is 0.259 e. The van der Waals surface area contributed by atoms with Crippen LogP contribution in [0.3, 0.4) is 0 Å². The minimum Gasteiger partial charge on any atom is -0.361 e. The van der Waals surface area contributed by atoms with Crippen LogP contribution in [0.5, 0.6) is 0 Å². The van der Waals surface area contributed by atoms with E-state index in [1.807, 2.05) is 13.8 Å². The molecule has 198 valence electrons. The number of benzene rings is 1. The van der Waals surface area contributed by atoms with Gasteiger partial charge in [-0.3, -0.25) is 9.59 Å². The summed E-state index contributed by atoms with van der Waals surface area (Å²) < 4.78 is 34.2. The van der Waals surface area contributed by atoms with Gasteiger partial charge in [-0.2, -0.15) is 0 Å². The van der Waals surface area contributed by atoms with Crippen LogP contribution in [0.15, 0.2) is 16.7 Å². The molecular weight excluding hydrogens is 466 g/mol. The number of nitrogens with zero attached hydrogens (tertiary/aromatic N) is 4. The number of hydrogen-bond donors (Lipinski definition) is 0. The zero-order valence-electron chi connectivity index (χ0n) is 22.2. The Kier molecular flexibility index (Phi) is 9.22. The van der Waals surface area contributed by atoms with E-state index in [1.54, 1.807) is 18.7 Å². The van der Waals surface area contributed by atoms with E-state index in [4.69, 9.17) is 4.52 Å². The minimum absolute atomic E-state index is 0.0261. The average Bonchev–Trinajstić information content (AvgIpc) is 3.21. The molecule has 0 fully saturated rings. The minimum atomic E-state index is -1.02. The largest absolute Gasteiger partial charge is 0.361 e. The highest BCUT2D eigenvalue weighted by molar-refractivity contribution is 5.97. The summed E-state index contributed by atoms with van der Waals surface area (Å²) in [5.74, 6) is -2.07. The molecule has 1 aromatic heterocycles. The van der Waals surface area contributed by atoms with Crippen molar-refractivity contribution in [3.05, 3.63) is 46.3 Å². The van der Waals surface area contributed by atoms with E-state index in [0.717, 1.165) is 25.2 Å². The quantitative estimate of drug-likeness (QED) is 0.567. The summed E-state index contributed by atoms with van der Waals surface area (Å²) >= 11 is 0. The van der Waals surface area contributed by atoms with Gasteiger partial charge in [-0.15, -0.1) is 0 Å². The second-order valence-electron chi connectivity index (χ2n) is 10.0. The number of carbonyl (C=O) groups excluding carboxylic acids is 2. The third-order valence-corrected chi connectivity index (χ3v) is 6.74. The van der Waals surface area contributed by atoms with Crippen molar-refractivity contribution in [3.63, 3.8) is 0 Å². The molecule has 1 aliphatic heterocycles. The van der Waals surface area contributed by atoms with Gasteiger partial charge in [0, 0.05) is 51.3 Å². The van der Waals surface area contributed by atoms with Gasteiger partial charge in [0.1, 0.15) is 11.3 Å². The van der Waals surface area contributed by atoms with Crippen LogP contribution < -0.4 is 4.90 Å². The van der Waals surface area contributed by atoms with Crippen LogP contribution in [0.25, 0.3) is 0 Å². The van der Waals surface area contributed by atoms with Gasteiger partial charge in [0.05, 0.1) is 11.4 Å². The Labute approximate surface area is 212 Å². The van der Waals surface area contributed by atoms with E-state index in [-0.39, 0.29) is 30.7 Å². The van der Waals surface area contributed by atoms with Crippen molar-refractivity contribution in [2.24, 2.45) is 0 Å². The van der Waals surface area contributed by atoms with Gasteiger partial charge in [0.25, 0.3) is 5.91 Å². The third kappa shape index (κ3) is 6.11. The fourth-order valence-electron chi connectivity index (χ4n) is 4.71. The molecule has 0 saturated carbocycles. The Balaban J connectivity index is 2.10. The topological polar surface area (TPSA) is 69.9 Å². The molecule has 9 heteroatoms. The van der Waals surface area contributed by atoms with Crippen LogP contribution in [0, 0.1) is 18.6 Å². The fraction of sp³-hybridized carbons (Fsp3) is 0.593. The molecule has 7 nitrogen and oxygen atoms in total. The number of fused-ring (bicyclic) bond motifs is 1. The van der Waals surface area contributed by atoms with Gasteiger partial charge in [-0.05, 0) is 51.2 Å². The van der Waals surface area contributed by atoms with Crippen molar-refractivity contribution in [1.29, 1.82) is 0 Å². The van der Waals surface area contributed by atoms with E-state index in [1.165, 1.54) is 4.90 Å². The molecule has 2 heterocycles. The monoisotopic (exact) mass is 504 g/mol. The molecule has 0 bridgehead atoms. The Hall–Kier alpha value is -2.81. The third-order valence-electron chi connectivity index (χ3n) is 6.74. The van der Waals surface area contributed by atoms with Crippen molar-refractivity contribution >= 4 is 17.5 Å². The summed E-state index contributed by atoms with van der Waals surface area (Å²) in [5.41, 5.74) is 1.68. The highest BCUT2D eigenvalue weighted by Crippen LogP contribution is 2.29. The predicted octanol–water partition coefficient (Wildman–Crippen LogP) is 5.27. The number of aryl methyl sites for hydroxylation is 1. The van der Waals surface area contributed by atoms with Crippen LogP contribution >= 0.6 is 0 Å². The Bertz CT molecular complexity index is 1080. The number of rotatable bonds is 4. The van der Waals surface area contributed by atoms with E-state index in [0.29, 0.717) is 60.2 Å². The van der Waals surface area contributed by atoms with Crippen LogP contribution in [-0.2, 0) is 11.3 Å². The highest BCUT2D eigenvalue weighted by atomic mass is 19.2. The molecule has 1 aliphatic rings. The number of hydrogen-bond acceptors (Lipinski definition) is 5. The number of halogens is 2. The molecule has 1 aromatic carbocycles. The lowest BCUT2D eigenvalue weighted by Gasteiger charge is -2.33. The standard InChI is InChI=1S/C27H38F2N4O3/c1-7-24(34)33-13-9-11-31(18(4)5)10-8-12-32(16-20-14-21(28)22(29)15-23(20)33)27(35)25-19(6)36-30-26(25)17(2)3/h14-15,17-18H,7-13,16H2,1-6H3. The molecule has 0 unspecified atom stereocenters. The molecule has 2 aromatic rings. The first-order valence-electron chi connectivity index (χ1n) is 12.8. The molecule has 2 amide bonds. The van der Waals surface area contributed by atoms with Crippen molar-refractivity contribution in [3.8, 4) is 0 Å². The molecule has 0 N–H and O–H groups in total. The number of aromatic nitrogens is 1. The van der Waals surface area contributed by atoms with Gasteiger partial charge in [-0.25, -0.2) is 8.78 Å². The summed E-state index contributed by atoms with van der Waals surface area (Å²) in [6.45, 7) is 13.9. The lowest BCUT2D eigenvalue weighted by molar-refractivity contribution is -0.118. The predicted molar refractivity (Wildman–Crippen MR) is 135 cm³/mol. The van der Waals surface area contributed by atoms with Gasteiger partial charge in [-0.1, -0.05) is 25.9 Å². The summed E-state index contributed by atoms with van der Waals surface area (Å²) in [4.78, 5) is 32.2. The summed E-state index contributed by atoms with van der Waals surface area (Å²) in [6.07, 6.45) is 1.64. The first-order valence-corrected chi connectivity index (χ1v) is 12.8. The first kappa shape index (κ1) is 27.8. The number of anilines is 1. The Morgan fingerprint density at radius 1 is 1.03 bits per heavy atom. The van der Waals surface area contributed by atoms with E-state index in [9.17, 15) is 18.4 Å². The second kappa shape index (κ2) is 12.0. The normalized spacial score (nSPS) is 16.2. The lowest BCUT2D eigenvalue weighted by atomic mass is 10.0. The maximum absolute atomic E-state index is 14.4. The SMILES string of the molecule is CCC(=O)N1CCCN(C(C)C)CCCN(C(=O)c2c(C(C)C)noc2C)Cc2cc(F)c(F)cc21. The fourth-order valence-corrected chi connectivity index (χ4v) is 4.71. The van der Waals surface area contributed by atoms with Gasteiger partial charge in [0.15, 0.2) is 11.6 Å². The van der Waals surface area contributed by atoms with Gasteiger partial charge in [0.2, 0.25) is 5.91 Å². The molecule has 36 heavy (non-hydrogen) atoms. The van der Waals surface area contributed by atoms with Crippen molar-refractivity contribution < 1.29 is 22.9 Å². The van der Waals surface area contributed by atoms with Gasteiger partial charge >= 0.3 is 0 Å². The molecule has 3 rings (SSSR count). The molecule has 0 spiro atoms. The number of carbonyl (C=O) groups is 2. The molecular formula is C27H38F2N4O3. The zero-order chi connectivity index (χ0) is 26.6. The van der Waals surface area contributed by atoms with Crippen LogP contribution in [0.4, 0.5) is 14.5 Å². The van der Waals surface area contributed by atoms with Crippen LogP contribution in [0.1, 0.15) is 87.2 Å². The molecule has 0 radical (unpaired) electrons. The number of amides is 2. The van der Waals surface area contributed by atoms with E-state index < -0.39 is 11.6 Å². The lowest BCUT2D eigenvalue weighted by Crippen LogP contribution is -2.40. The van der Waals surface area contributed by atoms with Crippen molar-refractivity contribution in [2.45, 2.75) is 79.3 Å². The average molecular weight is 505 g/mol. The smallest absolute Gasteiger partial charge is 0.259 e.